The van der Waals surface area contributed by atoms with Gasteiger partial charge in [0, 0.05) is 24.0 Å². The summed E-state index contributed by atoms with van der Waals surface area (Å²) in [7, 11) is 0. The Hall–Kier alpha value is -2.94. The fourth-order valence-electron chi connectivity index (χ4n) is 4.27. The monoisotopic (exact) mass is 404 g/mol. The second-order valence-electron chi connectivity index (χ2n) is 8.71. The summed E-state index contributed by atoms with van der Waals surface area (Å²) in [6, 6.07) is 8.10. The average Bonchev–Trinajstić information content (AvgIpc) is 2.68. The zero-order chi connectivity index (χ0) is 22.3. The quantitative estimate of drug-likeness (QED) is 0.489. The van der Waals surface area contributed by atoms with E-state index in [0.29, 0.717) is 24.3 Å². The van der Waals surface area contributed by atoms with Crippen molar-refractivity contribution in [2.45, 2.75) is 61.3 Å². The van der Waals surface area contributed by atoms with E-state index in [4.69, 9.17) is 0 Å². The molecule has 0 atom stereocenters. The molecule has 0 fully saturated rings. The number of hydrogen-bond donors (Lipinski definition) is 3. The lowest BCUT2D eigenvalue weighted by atomic mass is 9.89. The second kappa shape index (κ2) is 8.06. The molecule has 0 heterocycles. The normalized spacial score (nSPS) is 11.2. The molecule has 3 heteroatoms. The zero-order valence-electron chi connectivity index (χ0n) is 19.1. The van der Waals surface area contributed by atoms with Crippen LogP contribution in [0.15, 0.2) is 24.3 Å². The van der Waals surface area contributed by atoms with Crippen molar-refractivity contribution >= 4 is 0 Å². The van der Waals surface area contributed by atoms with Crippen LogP contribution < -0.4 is 0 Å². The largest absolute Gasteiger partial charge is 0.507 e. The van der Waals surface area contributed by atoms with Crippen molar-refractivity contribution in [1.82, 2.24) is 0 Å². The molecule has 0 radical (unpaired) electrons. The van der Waals surface area contributed by atoms with Crippen molar-refractivity contribution in [2.24, 2.45) is 0 Å². The van der Waals surface area contributed by atoms with E-state index in [1.54, 1.807) is 0 Å². The van der Waals surface area contributed by atoms with Crippen molar-refractivity contribution in [2.75, 3.05) is 0 Å². The van der Waals surface area contributed by atoms with Crippen LogP contribution in [0.25, 0.3) is 0 Å². The van der Waals surface area contributed by atoms with E-state index in [9.17, 15) is 15.3 Å². The molecule has 0 saturated heterocycles. The minimum atomic E-state index is 0.231. The van der Waals surface area contributed by atoms with Gasteiger partial charge in [-0.1, -0.05) is 29.8 Å². The van der Waals surface area contributed by atoms with Crippen LogP contribution in [0.2, 0.25) is 0 Å². The molecular weight excluding hydrogens is 372 g/mol. The van der Waals surface area contributed by atoms with Crippen molar-refractivity contribution in [3.05, 3.63) is 85.5 Å². The van der Waals surface area contributed by atoms with Gasteiger partial charge in [0.1, 0.15) is 17.2 Å². The van der Waals surface area contributed by atoms with Crippen LogP contribution in [0.3, 0.4) is 0 Å². The first-order chi connectivity index (χ1) is 14.0. The second-order valence-corrected chi connectivity index (χ2v) is 8.71. The fourth-order valence-corrected chi connectivity index (χ4v) is 4.27. The van der Waals surface area contributed by atoms with E-state index < -0.39 is 0 Å². The summed E-state index contributed by atoms with van der Waals surface area (Å²) in [5.41, 5.74) is 10.2. The number of phenolic OH excluding ortho intramolecular Hbond substituents is 3. The lowest BCUT2D eigenvalue weighted by Crippen LogP contribution is -2.01. The molecule has 3 rings (SSSR count). The van der Waals surface area contributed by atoms with Crippen molar-refractivity contribution < 1.29 is 15.3 Å². The molecule has 0 saturated carbocycles. The summed E-state index contributed by atoms with van der Waals surface area (Å²) in [6.45, 7) is 13.8. The van der Waals surface area contributed by atoms with Gasteiger partial charge in [0.05, 0.1) is 0 Å². The third-order valence-corrected chi connectivity index (χ3v) is 6.43. The van der Waals surface area contributed by atoms with Crippen LogP contribution in [0.4, 0.5) is 0 Å². The topological polar surface area (TPSA) is 60.7 Å². The SMILES string of the molecule is Cc1cc(Cc2c(C)cc(C)c(C)c2O)c(O)c(Cc2c(C)cc(C)c(C)c2O)c1. The Morgan fingerprint density at radius 2 is 0.867 bits per heavy atom. The first-order valence-corrected chi connectivity index (χ1v) is 10.4. The third-order valence-electron chi connectivity index (χ3n) is 6.43. The average molecular weight is 405 g/mol. The minimum absolute atomic E-state index is 0.231. The molecule has 0 aliphatic heterocycles. The van der Waals surface area contributed by atoms with E-state index in [1.165, 1.54) is 0 Å². The van der Waals surface area contributed by atoms with Crippen molar-refractivity contribution in [1.29, 1.82) is 0 Å². The molecule has 0 aliphatic rings. The van der Waals surface area contributed by atoms with E-state index >= 15 is 0 Å². The molecule has 30 heavy (non-hydrogen) atoms. The number of aromatic hydroxyl groups is 3. The summed E-state index contributed by atoms with van der Waals surface area (Å²) in [5, 5.41) is 32.5. The maximum Gasteiger partial charge on any atom is 0.122 e. The highest BCUT2D eigenvalue weighted by atomic mass is 16.3. The standard InChI is InChI=1S/C27H32O3/c1-14-8-21(12-23-17(4)10-15(2)19(6)25(23)28)27(30)22(9-14)13-24-18(5)11-16(3)20(7)26(24)29/h8-11,28-30H,12-13H2,1-7H3. The van der Waals surface area contributed by atoms with Crippen LogP contribution in [0, 0.1) is 48.5 Å². The molecule has 0 aliphatic carbocycles. The highest BCUT2D eigenvalue weighted by Gasteiger charge is 2.18. The summed E-state index contributed by atoms with van der Waals surface area (Å²) < 4.78 is 0. The van der Waals surface area contributed by atoms with Crippen LogP contribution in [-0.2, 0) is 12.8 Å². The van der Waals surface area contributed by atoms with Gasteiger partial charge in [0.2, 0.25) is 0 Å². The van der Waals surface area contributed by atoms with Crippen LogP contribution in [-0.4, -0.2) is 15.3 Å². The Kier molecular flexibility index (Phi) is 5.85. The van der Waals surface area contributed by atoms with Gasteiger partial charge >= 0.3 is 0 Å². The lowest BCUT2D eigenvalue weighted by Gasteiger charge is -2.18. The van der Waals surface area contributed by atoms with Gasteiger partial charge in [-0.15, -0.1) is 0 Å². The molecule has 3 aromatic carbocycles. The van der Waals surface area contributed by atoms with E-state index in [2.05, 4.69) is 12.1 Å². The maximum atomic E-state index is 11.1. The molecule has 158 valence electrons. The lowest BCUT2D eigenvalue weighted by molar-refractivity contribution is 0.454. The smallest absolute Gasteiger partial charge is 0.122 e. The Morgan fingerprint density at radius 1 is 0.500 bits per heavy atom. The molecule has 0 amide bonds. The Labute approximate surface area is 179 Å². The number of benzene rings is 3. The molecule has 3 nitrogen and oxygen atoms in total. The highest BCUT2D eigenvalue weighted by Crippen LogP contribution is 2.37. The molecule has 3 aromatic rings. The van der Waals surface area contributed by atoms with E-state index in [0.717, 1.165) is 61.2 Å². The van der Waals surface area contributed by atoms with E-state index in [-0.39, 0.29) is 5.75 Å². The molecular formula is C27H32O3. The van der Waals surface area contributed by atoms with Gasteiger partial charge in [0.15, 0.2) is 0 Å². The molecule has 0 spiro atoms. The molecule has 0 bridgehead atoms. The first kappa shape index (κ1) is 21.8. The minimum Gasteiger partial charge on any atom is -0.507 e. The van der Waals surface area contributed by atoms with Crippen molar-refractivity contribution in [3.8, 4) is 17.2 Å². The maximum absolute atomic E-state index is 11.1. The predicted molar refractivity (Wildman–Crippen MR) is 123 cm³/mol. The van der Waals surface area contributed by atoms with Gasteiger partial charge < -0.3 is 15.3 Å². The Morgan fingerprint density at radius 3 is 1.23 bits per heavy atom. The van der Waals surface area contributed by atoms with Gasteiger partial charge in [-0.05, 0) is 93.0 Å². The van der Waals surface area contributed by atoms with Gasteiger partial charge in [-0.25, -0.2) is 0 Å². The fraction of sp³-hybridized carbons (Fsp3) is 0.333. The number of aryl methyl sites for hydroxylation is 5. The zero-order valence-corrected chi connectivity index (χ0v) is 19.1. The number of rotatable bonds is 4. The summed E-state index contributed by atoms with van der Waals surface area (Å²) in [5.74, 6) is 0.838. The Bertz CT molecular complexity index is 1050. The van der Waals surface area contributed by atoms with Crippen LogP contribution in [0.1, 0.15) is 61.2 Å². The highest BCUT2D eigenvalue weighted by molar-refractivity contribution is 5.56. The molecule has 0 aromatic heterocycles. The number of phenols is 3. The number of hydrogen-bond acceptors (Lipinski definition) is 3. The first-order valence-electron chi connectivity index (χ1n) is 10.4. The summed E-state index contributed by atoms with van der Waals surface area (Å²) in [6.07, 6.45) is 0.911. The van der Waals surface area contributed by atoms with Crippen LogP contribution >= 0.6 is 0 Å². The van der Waals surface area contributed by atoms with Crippen LogP contribution in [0.5, 0.6) is 17.2 Å². The van der Waals surface area contributed by atoms with Crippen molar-refractivity contribution in [3.63, 3.8) is 0 Å². The Balaban J connectivity index is 2.07. The van der Waals surface area contributed by atoms with Gasteiger partial charge in [-0.2, -0.15) is 0 Å². The predicted octanol–water partition coefficient (Wildman–Crippen LogP) is 6.14. The summed E-state index contributed by atoms with van der Waals surface area (Å²) in [4.78, 5) is 0. The van der Waals surface area contributed by atoms with Gasteiger partial charge in [0.25, 0.3) is 0 Å². The molecule has 0 unspecified atom stereocenters. The molecule has 3 N–H and O–H groups in total. The van der Waals surface area contributed by atoms with Gasteiger partial charge in [-0.3, -0.25) is 0 Å². The van der Waals surface area contributed by atoms with E-state index in [1.807, 2.05) is 60.6 Å². The third kappa shape index (κ3) is 3.89. The summed E-state index contributed by atoms with van der Waals surface area (Å²) >= 11 is 0.